The van der Waals surface area contributed by atoms with Gasteiger partial charge in [0.25, 0.3) is 0 Å². The number of nitrogens with one attached hydrogen (secondary N) is 2. The van der Waals surface area contributed by atoms with Gasteiger partial charge in [0, 0.05) is 30.6 Å². The lowest BCUT2D eigenvalue weighted by Gasteiger charge is -2.26. The molecular weight excluding hydrogens is 410 g/mol. The van der Waals surface area contributed by atoms with Crippen LogP contribution >= 0.6 is 0 Å². The van der Waals surface area contributed by atoms with Crippen molar-refractivity contribution in [3.8, 4) is 0 Å². The van der Waals surface area contributed by atoms with Crippen LogP contribution in [0.4, 0.5) is 11.8 Å². The Labute approximate surface area is 183 Å². The molecule has 0 atom stereocenters. The van der Waals surface area contributed by atoms with Crippen molar-refractivity contribution in [2.45, 2.75) is 37.8 Å². The van der Waals surface area contributed by atoms with E-state index in [1.54, 1.807) is 12.1 Å². The van der Waals surface area contributed by atoms with Crippen LogP contribution in [0, 0.1) is 6.92 Å². The van der Waals surface area contributed by atoms with Gasteiger partial charge in [-0.25, -0.2) is 13.4 Å². The lowest BCUT2D eigenvalue weighted by Crippen LogP contribution is -2.43. The zero-order valence-electron chi connectivity index (χ0n) is 18.4. The maximum atomic E-state index is 12.7. The van der Waals surface area contributed by atoms with Crippen LogP contribution in [0.5, 0.6) is 0 Å². The summed E-state index contributed by atoms with van der Waals surface area (Å²) in [6.45, 7) is 7.76. The van der Waals surface area contributed by atoms with E-state index in [9.17, 15) is 8.42 Å². The molecule has 0 fully saturated rings. The van der Waals surface area contributed by atoms with E-state index < -0.39 is 9.84 Å². The SMILES string of the molecule is CNC(C)(C)CNc1nc(N2CCS(=O)(=O)c3ccccc3C2)nc2ccc(C)cc12. The molecule has 31 heavy (non-hydrogen) atoms. The highest BCUT2D eigenvalue weighted by Crippen LogP contribution is 2.29. The normalized spacial score (nSPS) is 16.1. The van der Waals surface area contributed by atoms with Crippen LogP contribution < -0.4 is 15.5 Å². The highest BCUT2D eigenvalue weighted by atomic mass is 32.2. The number of anilines is 2. The summed E-state index contributed by atoms with van der Waals surface area (Å²) in [6, 6.07) is 13.3. The first-order valence-corrected chi connectivity index (χ1v) is 12.1. The summed E-state index contributed by atoms with van der Waals surface area (Å²) in [6.07, 6.45) is 0. The first kappa shape index (κ1) is 21.5. The maximum absolute atomic E-state index is 12.7. The first-order chi connectivity index (χ1) is 14.7. The summed E-state index contributed by atoms with van der Waals surface area (Å²) >= 11 is 0. The van der Waals surface area contributed by atoms with Gasteiger partial charge in [-0.3, -0.25) is 0 Å². The van der Waals surface area contributed by atoms with Crippen molar-refractivity contribution in [3.63, 3.8) is 0 Å². The Balaban J connectivity index is 1.77. The zero-order chi connectivity index (χ0) is 22.2. The quantitative estimate of drug-likeness (QED) is 0.631. The van der Waals surface area contributed by atoms with E-state index in [1.807, 2.05) is 43.1 Å². The number of aromatic nitrogens is 2. The van der Waals surface area contributed by atoms with Crippen LogP contribution in [0.3, 0.4) is 0 Å². The summed E-state index contributed by atoms with van der Waals surface area (Å²) in [5, 5.41) is 7.73. The fraction of sp³-hybridized carbons (Fsp3) is 0.391. The second-order valence-corrected chi connectivity index (χ2v) is 10.8. The number of rotatable bonds is 5. The van der Waals surface area contributed by atoms with Gasteiger partial charge < -0.3 is 15.5 Å². The van der Waals surface area contributed by atoms with Crippen LogP contribution in [0.25, 0.3) is 10.9 Å². The van der Waals surface area contributed by atoms with Crippen molar-refractivity contribution in [1.29, 1.82) is 0 Å². The molecule has 2 heterocycles. The third kappa shape index (κ3) is 4.50. The van der Waals surface area contributed by atoms with Crippen LogP contribution in [-0.4, -0.2) is 49.8 Å². The standard InChI is InChI=1S/C23H29N5O2S/c1-16-9-10-19-18(13-16)21(25-15-23(2,3)24-4)27-22(26-19)28-11-12-31(29,30)20-8-6-5-7-17(20)14-28/h5-10,13,24H,11-12,14-15H2,1-4H3,(H,25,26,27). The lowest BCUT2D eigenvalue weighted by molar-refractivity contribution is 0.448. The Morgan fingerprint density at radius 1 is 1.13 bits per heavy atom. The highest BCUT2D eigenvalue weighted by Gasteiger charge is 2.27. The number of hydrogen-bond acceptors (Lipinski definition) is 7. The average molecular weight is 440 g/mol. The smallest absolute Gasteiger partial charge is 0.228 e. The number of hydrogen-bond donors (Lipinski definition) is 2. The predicted molar refractivity (Wildman–Crippen MR) is 125 cm³/mol. The number of aryl methyl sites for hydroxylation is 1. The largest absolute Gasteiger partial charge is 0.368 e. The summed E-state index contributed by atoms with van der Waals surface area (Å²) in [7, 11) is -1.40. The fourth-order valence-electron chi connectivity index (χ4n) is 3.63. The number of nitrogens with zero attached hydrogens (tertiary/aromatic N) is 3. The molecule has 2 aromatic carbocycles. The molecule has 0 bridgehead atoms. The van der Waals surface area contributed by atoms with E-state index >= 15 is 0 Å². The minimum absolute atomic E-state index is 0.0366. The van der Waals surface area contributed by atoms with Gasteiger partial charge in [0.1, 0.15) is 5.82 Å². The van der Waals surface area contributed by atoms with E-state index in [0.29, 0.717) is 30.5 Å². The van der Waals surface area contributed by atoms with Crippen molar-refractivity contribution in [2.75, 3.05) is 36.1 Å². The molecule has 1 aliphatic rings. The molecule has 4 rings (SSSR count). The number of likely N-dealkylation sites (N-methyl/N-ethyl adjacent to an activating group) is 1. The molecule has 0 amide bonds. The van der Waals surface area contributed by atoms with Gasteiger partial charge in [-0.2, -0.15) is 4.98 Å². The minimum atomic E-state index is -3.33. The third-order valence-corrected chi connectivity index (χ3v) is 7.58. The van der Waals surface area contributed by atoms with Gasteiger partial charge in [-0.05, 0) is 51.6 Å². The summed E-state index contributed by atoms with van der Waals surface area (Å²) in [4.78, 5) is 12.0. The van der Waals surface area contributed by atoms with Crippen molar-refractivity contribution >= 4 is 32.5 Å². The molecule has 0 spiro atoms. The molecule has 8 heteroatoms. The van der Waals surface area contributed by atoms with Crippen LogP contribution in [0.2, 0.25) is 0 Å². The average Bonchev–Trinajstić information content (AvgIpc) is 2.88. The molecule has 7 nitrogen and oxygen atoms in total. The molecule has 2 N–H and O–H groups in total. The monoisotopic (exact) mass is 439 g/mol. The molecule has 0 unspecified atom stereocenters. The van der Waals surface area contributed by atoms with Crippen LogP contribution in [0.15, 0.2) is 47.4 Å². The Hall–Kier alpha value is -2.71. The Morgan fingerprint density at radius 3 is 2.68 bits per heavy atom. The second-order valence-electron chi connectivity index (χ2n) is 8.73. The Bertz CT molecular complexity index is 1220. The number of benzene rings is 2. The van der Waals surface area contributed by atoms with E-state index in [-0.39, 0.29) is 11.3 Å². The third-order valence-electron chi connectivity index (χ3n) is 5.80. The first-order valence-electron chi connectivity index (χ1n) is 10.5. The van der Waals surface area contributed by atoms with Crippen LogP contribution in [0.1, 0.15) is 25.0 Å². The zero-order valence-corrected chi connectivity index (χ0v) is 19.3. The van der Waals surface area contributed by atoms with Gasteiger partial charge in [0.05, 0.1) is 16.2 Å². The summed E-state index contributed by atoms with van der Waals surface area (Å²) in [5.74, 6) is 1.33. The maximum Gasteiger partial charge on any atom is 0.228 e. The summed E-state index contributed by atoms with van der Waals surface area (Å²) in [5.41, 5.74) is 2.63. The summed E-state index contributed by atoms with van der Waals surface area (Å²) < 4.78 is 25.5. The Morgan fingerprint density at radius 2 is 1.90 bits per heavy atom. The van der Waals surface area contributed by atoms with Gasteiger partial charge in [-0.15, -0.1) is 0 Å². The van der Waals surface area contributed by atoms with Crippen molar-refractivity contribution in [2.24, 2.45) is 0 Å². The number of sulfone groups is 1. The molecule has 164 valence electrons. The Kier molecular flexibility index (Phi) is 5.61. The number of fused-ring (bicyclic) bond motifs is 2. The highest BCUT2D eigenvalue weighted by molar-refractivity contribution is 7.91. The molecule has 0 aliphatic carbocycles. The minimum Gasteiger partial charge on any atom is -0.368 e. The van der Waals surface area contributed by atoms with E-state index in [1.165, 1.54) is 0 Å². The molecular formula is C23H29N5O2S. The van der Waals surface area contributed by atoms with E-state index in [4.69, 9.17) is 9.97 Å². The predicted octanol–water partition coefficient (Wildman–Crippen LogP) is 3.14. The van der Waals surface area contributed by atoms with Gasteiger partial charge in [0.15, 0.2) is 9.84 Å². The molecule has 3 aromatic rings. The second kappa shape index (κ2) is 8.09. The molecule has 1 aromatic heterocycles. The van der Waals surface area contributed by atoms with Crippen molar-refractivity contribution < 1.29 is 8.42 Å². The van der Waals surface area contributed by atoms with Crippen molar-refractivity contribution in [1.82, 2.24) is 15.3 Å². The van der Waals surface area contributed by atoms with Gasteiger partial charge >= 0.3 is 0 Å². The molecule has 1 aliphatic heterocycles. The van der Waals surface area contributed by atoms with Crippen molar-refractivity contribution in [3.05, 3.63) is 53.6 Å². The van der Waals surface area contributed by atoms with Gasteiger partial charge in [-0.1, -0.05) is 29.8 Å². The lowest BCUT2D eigenvalue weighted by atomic mass is 10.1. The van der Waals surface area contributed by atoms with Gasteiger partial charge in [0.2, 0.25) is 5.95 Å². The molecule has 0 saturated carbocycles. The van der Waals surface area contributed by atoms with E-state index in [0.717, 1.165) is 27.8 Å². The van der Waals surface area contributed by atoms with E-state index in [2.05, 4.69) is 30.5 Å². The van der Waals surface area contributed by atoms with Crippen LogP contribution in [-0.2, 0) is 16.4 Å². The fourth-order valence-corrected chi connectivity index (χ4v) is 5.13. The molecule has 0 radical (unpaired) electrons. The molecule has 0 saturated heterocycles. The topological polar surface area (TPSA) is 87.2 Å².